The number of aromatic hydroxyl groups is 1. The van der Waals surface area contributed by atoms with E-state index in [0.29, 0.717) is 11.8 Å². The van der Waals surface area contributed by atoms with Gasteiger partial charge in [-0.2, -0.15) is 0 Å². The fourth-order valence-corrected chi connectivity index (χ4v) is 5.92. The maximum absolute atomic E-state index is 13.6. The summed E-state index contributed by atoms with van der Waals surface area (Å²) >= 11 is 0. The fourth-order valence-electron chi connectivity index (χ4n) is 5.92. The third-order valence-electron chi connectivity index (χ3n) is 7.52. The number of allylic oxidation sites excluding steroid dienone is 1. The Morgan fingerprint density at radius 2 is 1.81 bits per heavy atom. The molecule has 36 heavy (non-hydrogen) atoms. The molecule has 0 fully saturated rings. The molecule has 0 spiro atoms. The Balaban J connectivity index is 2.03. The number of nitrogens with two attached hydrogens (primary N) is 1. The van der Waals surface area contributed by atoms with Crippen molar-refractivity contribution in [2.75, 3.05) is 14.1 Å². The number of hydrogen-bond donors (Lipinski definition) is 6. The summed E-state index contributed by atoms with van der Waals surface area (Å²) in [7, 11) is 2.94. The number of phenolic OH excluding ortho intramolecular Hbond substituents is 1. The van der Waals surface area contributed by atoms with E-state index in [0.717, 1.165) is 6.08 Å². The fraction of sp³-hybridized carbons (Fsp3) is 0.360. The predicted octanol–water partition coefficient (Wildman–Crippen LogP) is -0.135. The van der Waals surface area contributed by atoms with Crippen LogP contribution in [0.4, 0.5) is 0 Å². The van der Waals surface area contributed by atoms with Gasteiger partial charge in [0.05, 0.1) is 23.6 Å². The number of likely N-dealkylation sites (N-methyl/N-ethyl adjacent to an activating group) is 1. The predicted molar refractivity (Wildman–Crippen MR) is 125 cm³/mol. The Hall–Kier alpha value is -3.80. The van der Waals surface area contributed by atoms with E-state index in [2.05, 4.69) is 0 Å². The molecule has 1 aromatic rings. The first kappa shape index (κ1) is 25.3. The van der Waals surface area contributed by atoms with Crippen LogP contribution in [-0.2, 0) is 14.4 Å². The first-order chi connectivity index (χ1) is 16.8. The monoisotopic (exact) mass is 498 g/mol. The first-order valence-electron chi connectivity index (χ1n) is 11.1. The highest BCUT2D eigenvalue weighted by atomic mass is 16.4. The number of Topliss-reactive ketones (excluding diaryl/α,β-unsaturated/α-hetero) is 2. The molecule has 0 aliphatic heterocycles. The second-order valence-electron chi connectivity index (χ2n) is 9.51. The summed E-state index contributed by atoms with van der Waals surface area (Å²) in [4.78, 5) is 51.1. The lowest BCUT2D eigenvalue weighted by Gasteiger charge is -2.53. The molecular formula is C25H26N2O9. The molecule has 4 rings (SSSR count). The van der Waals surface area contributed by atoms with E-state index < -0.39 is 81.4 Å². The third-order valence-corrected chi connectivity index (χ3v) is 7.52. The van der Waals surface area contributed by atoms with Gasteiger partial charge in [-0.25, -0.2) is 0 Å². The molecular weight excluding hydrogens is 472 g/mol. The average molecular weight is 498 g/mol. The van der Waals surface area contributed by atoms with Crippen molar-refractivity contribution in [3.05, 3.63) is 57.6 Å². The molecule has 0 saturated heterocycles. The van der Waals surface area contributed by atoms with E-state index in [4.69, 9.17) is 5.73 Å². The normalized spacial score (nSPS) is 32.0. The molecule has 7 N–H and O–H groups in total. The quantitative estimate of drug-likeness (QED) is 0.185. The van der Waals surface area contributed by atoms with Gasteiger partial charge in [-0.15, -0.1) is 0 Å². The molecule has 3 aliphatic carbocycles. The zero-order valence-corrected chi connectivity index (χ0v) is 19.7. The van der Waals surface area contributed by atoms with Gasteiger partial charge < -0.3 is 31.3 Å². The lowest BCUT2D eigenvalue weighted by Crippen LogP contribution is -2.68. The van der Waals surface area contributed by atoms with E-state index in [9.17, 15) is 44.7 Å². The molecule has 1 aromatic carbocycles. The minimum atomic E-state index is -2.96. The van der Waals surface area contributed by atoms with Gasteiger partial charge in [0.15, 0.2) is 11.4 Å². The Morgan fingerprint density at radius 3 is 2.36 bits per heavy atom. The average Bonchev–Trinajstić information content (AvgIpc) is 2.80. The summed E-state index contributed by atoms with van der Waals surface area (Å²) in [6.07, 6.45) is 1.22. The molecule has 3 aliphatic rings. The van der Waals surface area contributed by atoms with Crippen LogP contribution >= 0.6 is 0 Å². The van der Waals surface area contributed by atoms with E-state index in [1.54, 1.807) is 13.0 Å². The summed E-state index contributed by atoms with van der Waals surface area (Å²) in [6, 6.07) is 1.71. The molecule has 11 nitrogen and oxygen atoms in total. The summed E-state index contributed by atoms with van der Waals surface area (Å²) in [5.41, 5.74) is 1.14. The van der Waals surface area contributed by atoms with Crippen molar-refractivity contribution in [1.29, 1.82) is 0 Å². The Bertz CT molecular complexity index is 1310. The van der Waals surface area contributed by atoms with Gasteiger partial charge in [-0.3, -0.25) is 24.1 Å². The minimum Gasteiger partial charge on any atom is -0.510 e. The van der Waals surface area contributed by atoms with Gasteiger partial charge in [0, 0.05) is 17.1 Å². The number of amides is 1. The van der Waals surface area contributed by atoms with E-state index in [1.807, 2.05) is 0 Å². The summed E-state index contributed by atoms with van der Waals surface area (Å²) in [5.74, 6) is -9.49. The van der Waals surface area contributed by atoms with Crippen molar-refractivity contribution in [1.82, 2.24) is 4.90 Å². The lowest BCUT2D eigenvalue weighted by molar-refractivity contribution is -0.162. The van der Waals surface area contributed by atoms with Gasteiger partial charge in [0.1, 0.15) is 29.1 Å². The van der Waals surface area contributed by atoms with E-state index in [1.165, 1.54) is 31.1 Å². The second-order valence-corrected chi connectivity index (χ2v) is 9.51. The number of aldehydes is 1. The SMILES string of the molecule is CC1c2ccc(C=CC=O)c(O)c2C(=O)C2=C(O)C3(O)C(=O)C(C(N)=O)=C(O)[C@@H](N(C)C)C3C(O)C21. The number of aliphatic hydroxyl groups excluding tert-OH is 3. The van der Waals surface area contributed by atoms with Crippen molar-refractivity contribution < 1.29 is 44.7 Å². The van der Waals surface area contributed by atoms with Crippen molar-refractivity contribution in [3.8, 4) is 5.75 Å². The lowest BCUT2D eigenvalue weighted by atomic mass is 9.55. The van der Waals surface area contributed by atoms with Gasteiger partial charge in [-0.1, -0.05) is 19.1 Å². The van der Waals surface area contributed by atoms with Crippen LogP contribution in [-0.4, -0.2) is 86.0 Å². The summed E-state index contributed by atoms with van der Waals surface area (Å²) < 4.78 is 0. The van der Waals surface area contributed by atoms with Crippen molar-refractivity contribution in [2.45, 2.75) is 30.6 Å². The molecule has 6 atom stereocenters. The number of nitrogens with zero attached hydrogens (tertiary/aromatic N) is 1. The van der Waals surface area contributed by atoms with Gasteiger partial charge in [0.2, 0.25) is 5.78 Å². The molecule has 190 valence electrons. The van der Waals surface area contributed by atoms with Crippen LogP contribution in [0.3, 0.4) is 0 Å². The number of rotatable bonds is 4. The van der Waals surface area contributed by atoms with Crippen LogP contribution in [0.1, 0.15) is 34.3 Å². The number of carbonyl (C=O) groups excluding carboxylic acids is 4. The molecule has 11 heteroatoms. The maximum Gasteiger partial charge on any atom is 0.255 e. The number of benzene rings is 1. The minimum absolute atomic E-state index is 0.137. The molecule has 0 bridgehead atoms. The number of hydrogen-bond acceptors (Lipinski definition) is 10. The smallest absolute Gasteiger partial charge is 0.255 e. The van der Waals surface area contributed by atoms with Crippen LogP contribution in [0, 0.1) is 11.8 Å². The van der Waals surface area contributed by atoms with Crippen molar-refractivity contribution in [2.24, 2.45) is 17.6 Å². The van der Waals surface area contributed by atoms with Crippen LogP contribution in [0.25, 0.3) is 6.08 Å². The maximum atomic E-state index is 13.6. The highest BCUT2D eigenvalue weighted by Gasteiger charge is 2.67. The van der Waals surface area contributed by atoms with Crippen LogP contribution < -0.4 is 5.73 Å². The van der Waals surface area contributed by atoms with Crippen LogP contribution in [0.15, 0.2) is 40.9 Å². The number of aliphatic hydroxyl groups is 4. The first-order valence-corrected chi connectivity index (χ1v) is 11.1. The van der Waals surface area contributed by atoms with E-state index in [-0.39, 0.29) is 11.1 Å². The molecule has 0 heterocycles. The number of carbonyl (C=O) groups is 4. The zero-order valence-electron chi connectivity index (χ0n) is 19.7. The molecule has 5 unspecified atom stereocenters. The largest absolute Gasteiger partial charge is 0.510 e. The molecule has 0 aromatic heterocycles. The summed E-state index contributed by atoms with van der Waals surface area (Å²) in [5, 5.41) is 56.0. The Kier molecular flexibility index (Phi) is 5.90. The molecule has 0 saturated carbocycles. The van der Waals surface area contributed by atoms with Crippen molar-refractivity contribution in [3.63, 3.8) is 0 Å². The third kappa shape index (κ3) is 3.10. The topological polar surface area (TPSA) is 199 Å². The van der Waals surface area contributed by atoms with Gasteiger partial charge in [0.25, 0.3) is 5.91 Å². The highest BCUT2D eigenvalue weighted by molar-refractivity contribution is 6.25. The Morgan fingerprint density at radius 1 is 1.17 bits per heavy atom. The number of primary amides is 1. The molecule has 1 amide bonds. The number of ketones is 2. The van der Waals surface area contributed by atoms with Gasteiger partial charge in [-0.05, 0) is 37.7 Å². The number of fused-ring (bicyclic) bond motifs is 3. The van der Waals surface area contributed by atoms with Crippen LogP contribution in [0.5, 0.6) is 5.75 Å². The second kappa shape index (κ2) is 8.40. The van der Waals surface area contributed by atoms with Crippen LogP contribution in [0.2, 0.25) is 0 Å². The highest BCUT2D eigenvalue weighted by Crippen LogP contribution is 2.55. The zero-order chi connectivity index (χ0) is 26.9. The van der Waals surface area contributed by atoms with E-state index >= 15 is 0 Å². The summed E-state index contributed by atoms with van der Waals surface area (Å²) in [6.45, 7) is 1.64. The van der Waals surface area contributed by atoms with Gasteiger partial charge >= 0.3 is 0 Å². The molecule has 0 radical (unpaired) electrons. The number of phenols is 1. The standard InChI is InChI=1S/C25H26N2O9/c1-9-11-7-6-10(5-4-8-28)18(29)13(11)19(30)14-12(9)20(31)16-17(27(2)3)21(32)15(24(26)35)23(34)25(16,36)22(14)33/h4-9,12,16-17,20,29,31-33,36H,1-3H3,(H2,26,35)/t9?,12?,16?,17-,20?,25?/m0/s1. The van der Waals surface area contributed by atoms with Crippen molar-refractivity contribution >= 4 is 29.8 Å². The Labute approximate surface area is 205 Å².